The molecule has 9 aliphatic rings. The van der Waals surface area contributed by atoms with Crippen molar-refractivity contribution in [2.45, 2.75) is 76.8 Å². The lowest BCUT2D eigenvalue weighted by Crippen LogP contribution is -2.61. The molecule has 2 N–H and O–H groups in total. The lowest BCUT2D eigenvalue weighted by Gasteiger charge is -2.44. The Morgan fingerprint density at radius 1 is 0.714 bits per heavy atom. The molecule has 5 heteroatoms. The average molecular weight is 915 g/mol. The van der Waals surface area contributed by atoms with Crippen molar-refractivity contribution in [3.05, 3.63) is 250 Å². The van der Waals surface area contributed by atoms with Crippen LogP contribution in [-0.4, -0.2) is 22.7 Å². The predicted octanol–water partition coefficient (Wildman–Crippen LogP) is 14.3. The predicted molar refractivity (Wildman–Crippen MR) is 288 cm³/mol. The molecule has 0 fully saturated rings. The average Bonchev–Trinajstić information content (AvgIpc) is 3.96. The first kappa shape index (κ1) is 43.1. The number of benzene rings is 3. The molecule has 4 aromatic rings. The van der Waals surface area contributed by atoms with E-state index in [1.165, 1.54) is 61.2 Å². The van der Waals surface area contributed by atoms with Crippen LogP contribution in [0.25, 0.3) is 22.6 Å². The summed E-state index contributed by atoms with van der Waals surface area (Å²) in [6.45, 7) is 3.32. The molecule has 5 nitrogen and oxygen atoms in total. The zero-order valence-corrected chi connectivity index (χ0v) is 40.1. The maximum Gasteiger partial charge on any atom is 0.149 e. The van der Waals surface area contributed by atoms with Gasteiger partial charge in [-0.3, -0.25) is 5.32 Å². The van der Waals surface area contributed by atoms with Crippen molar-refractivity contribution in [2.24, 2.45) is 40.0 Å². The molecule has 1 aromatic heterocycles. The molecule has 3 aromatic carbocycles. The number of aliphatic imine (C=N–C) groups is 1. The van der Waals surface area contributed by atoms with Crippen LogP contribution in [-0.2, 0) is 11.3 Å². The second kappa shape index (κ2) is 18.1. The molecule has 70 heavy (non-hydrogen) atoms. The van der Waals surface area contributed by atoms with E-state index < -0.39 is 0 Å². The molecule has 348 valence electrons. The van der Waals surface area contributed by atoms with E-state index >= 15 is 0 Å². The second-order valence-corrected chi connectivity index (χ2v) is 21.0. The van der Waals surface area contributed by atoms with Gasteiger partial charge in [-0.1, -0.05) is 195 Å². The molecule has 3 heterocycles. The zero-order valence-electron chi connectivity index (χ0n) is 40.1. The third-order valence-corrected chi connectivity index (χ3v) is 16.7. The minimum Gasteiger partial charge on any atom is -0.483 e. The Balaban J connectivity index is 0.903. The molecule has 9 atom stereocenters. The van der Waals surface area contributed by atoms with E-state index in [1.807, 2.05) is 0 Å². The summed E-state index contributed by atoms with van der Waals surface area (Å²) in [5.74, 6) is 3.35. The van der Waals surface area contributed by atoms with Gasteiger partial charge in [-0.25, -0.2) is 4.99 Å². The maximum absolute atomic E-state index is 7.19. The number of nitrogens with one attached hydrogen (secondary N) is 2. The number of nitrogens with zero attached hydrogens (tertiary/aromatic N) is 2. The van der Waals surface area contributed by atoms with Gasteiger partial charge in [0.05, 0.1) is 11.9 Å². The van der Waals surface area contributed by atoms with E-state index in [-0.39, 0.29) is 41.6 Å². The van der Waals surface area contributed by atoms with E-state index in [1.54, 1.807) is 0 Å². The summed E-state index contributed by atoms with van der Waals surface area (Å²) in [7, 11) is 0. The van der Waals surface area contributed by atoms with E-state index in [0.29, 0.717) is 11.8 Å². The molecule has 0 amide bonds. The van der Waals surface area contributed by atoms with Crippen LogP contribution >= 0.6 is 0 Å². The van der Waals surface area contributed by atoms with Gasteiger partial charge in [-0.15, -0.1) is 0 Å². The fraction of sp³-hybridized carbons (Fsp3) is 0.277. The van der Waals surface area contributed by atoms with Crippen molar-refractivity contribution in [3.8, 4) is 0 Å². The Kier molecular flexibility index (Phi) is 11.1. The number of hydrogen-bond acceptors (Lipinski definition) is 4. The Morgan fingerprint density at radius 3 is 2.29 bits per heavy atom. The monoisotopic (exact) mass is 914 g/mol. The standard InChI is InChI=1S/C65H62N4O/c1-65(38-17-6-18-39-65)64-67-62(46-26-13-5-14-27-46)66-63(68-64)56-41-48(59-50(44-22-9-3-10-23-44)29-19-30-51(59)45-24-11-4-12-25-45)32-34-49(56)47-33-37-58-55(40-47)54-36-35-53-52-28-15-16-31-57(52)69(60(53)61(54)70-58)42-43-20-7-2-8-21-43/h2-18,20,22-24,26-28,30-38,43,45,47-48,54,61,63-64,68H,19,21,25,29,39-42H2,1H3,(H,66,67)/t43?,45-,47?,48?,54?,61?,63?,64?,65?/m0/s1. The summed E-state index contributed by atoms with van der Waals surface area (Å²) in [5.41, 5.74) is 14.9. The molecule has 7 aliphatic carbocycles. The van der Waals surface area contributed by atoms with Crippen LogP contribution in [0.2, 0.25) is 0 Å². The Hall–Kier alpha value is -6.95. The lowest BCUT2D eigenvalue weighted by atomic mass is 9.69. The summed E-state index contributed by atoms with van der Waals surface area (Å²) in [6, 6.07) is 30.9. The normalized spacial score (nSPS) is 30.6. The first-order valence-corrected chi connectivity index (χ1v) is 26.0. The minimum atomic E-state index is -0.234. The molecule has 0 saturated carbocycles. The van der Waals surface area contributed by atoms with E-state index in [9.17, 15) is 0 Å². The SMILES string of the molecule is CC1(C2NC(c3ccccc3)=NC(C3=C(C4C=CC5=C(C4)C4C=Cc6c(n(CC7C=CC=CC7)c7ccccc67)C4O5)C=CC(C4=C(c5ccccc5)CCC=C4[C@H]4C=CC=CC4)C3)N2)C=CC=CC1. The first-order valence-electron chi connectivity index (χ1n) is 26.0. The number of rotatable bonds is 9. The number of fused-ring (bicyclic) bond motifs is 6. The molecule has 8 unspecified atom stereocenters. The fourth-order valence-electron chi connectivity index (χ4n) is 13.1. The van der Waals surface area contributed by atoms with Gasteiger partial charge in [0.15, 0.2) is 0 Å². The van der Waals surface area contributed by atoms with Gasteiger partial charge >= 0.3 is 0 Å². The van der Waals surface area contributed by atoms with Crippen molar-refractivity contribution in [1.82, 2.24) is 15.2 Å². The van der Waals surface area contributed by atoms with Crippen LogP contribution in [0.1, 0.15) is 80.4 Å². The highest BCUT2D eigenvalue weighted by atomic mass is 16.5. The van der Waals surface area contributed by atoms with Gasteiger partial charge in [-0.05, 0) is 102 Å². The van der Waals surface area contributed by atoms with Crippen LogP contribution < -0.4 is 10.6 Å². The minimum absolute atomic E-state index is 0.0402. The number of hydrogen-bond donors (Lipinski definition) is 2. The Morgan fingerprint density at radius 2 is 1.49 bits per heavy atom. The van der Waals surface area contributed by atoms with Gasteiger partial charge < -0.3 is 14.6 Å². The molecule has 0 spiro atoms. The van der Waals surface area contributed by atoms with Crippen molar-refractivity contribution >= 4 is 28.4 Å². The van der Waals surface area contributed by atoms with Gasteiger partial charge in [0, 0.05) is 57.7 Å². The molecular weight excluding hydrogens is 853 g/mol. The highest BCUT2D eigenvalue weighted by Crippen LogP contribution is 2.54. The fourth-order valence-corrected chi connectivity index (χ4v) is 13.1. The highest BCUT2D eigenvalue weighted by Gasteiger charge is 2.45. The third-order valence-electron chi connectivity index (χ3n) is 16.7. The molecular formula is C65H62N4O. The van der Waals surface area contributed by atoms with Crippen LogP contribution in [0.3, 0.4) is 0 Å². The summed E-state index contributed by atoms with van der Waals surface area (Å²) in [6.07, 6.45) is 51.3. The topological polar surface area (TPSA) is 50.6 Å². The van der Waals surface area contributed by atoms with Gasteiger partial charge in [-0.2, -0.15) is 0 Å². The summed E-state index contributed by atoms with van der Waals surface area (Å²) in [4.78, 5) is 5.72. The van der Waals surface area contributed by atoms with Crippen LogP contribution in [0.5, 0.6) is 0 Å². The van der Waals surface area contributed by atoms with Gasteiger partial charge in [0.2, 0.25) is 0 Å². The number of aromatic nitrogens is 1. The highest BCUT2D eigenvalue weighted by molar-refractivity contribution is 5.99. The smallest absolute Gasteiger partial charge is 0.149 e. The number of amidine groups is 1. The van der Waals surface area contributed by atoms with Gasteiger partial charge in [0.1, 0.15) is 23.9 Å². The van der Waals surface area contributed by atoms with Gasteiger partial charge in [0.25, 0.3) is 0 Å². The van der Waals surface area contributed by atoms with Crippen molar-refractivity contribution in [2.75, 3.05) is 0 Å². The summed E-state index contributed by atoms with van der Waals surface area (Å²) >= 11 is 0. The maximum atomic E-state index is 7.19. The largest absolute Gasteiger partial charge is 0.483 e. The zero-order chi connectivity index (χ0) is 46.6. The van der Waals surface area contributed by atoms with Crippen LogP contribution in [0, 0.1) is 35.0 Å². The number of allylic oxidation sites excluding steroid dienone is 20. The number of ether oxygens (including phenoxy) is 1. The summed E-state index contributed by atoms with van der Waals surface area (Å²) < 4.78 is 9.78. The van der Waals surface area contributed by atoms with Crippen molar-refractivity contribution in [1.29, 1.82) is 0 Å². The molecule has 0 radical (unpaired) electrons. The molecule has 0 saturated heterocycles. The van der Waals surface area contributed by atoms with Crippen molar-refractivity contribution < 1.29 is 4.74 Å². The van der Waals surface area contributed by atoms with E-state index in [4.69, 9.17) is 9.73 Å². The Bertz CT molecular complexity index is 3190. The number of para-hydroxylation sites is 1. The first-order chi connectivity index (χ1) is 34.6. The third kappa shape index (κ3) is 7.70. The van der Waals surface area contributed by atoms with Crippen molar-refractivity contribution in [3.63, 3.8) is 0 Å². The van der Waals surface area contributed by atoms with Crippen LogP contribution in [0.15, 0.2) is 233 Å². The van der Waals surface area contributed by atoms with E-state index in [0.717, 1.165) is 68.6 Å². The van der Waals surface area contributed by atoms with E-state index in [2.05, 4.69) is 222 Å². The quantitative estimate of drug-likeness (QED) is 0.176. The molecule has 0 bridgehead atoms. The second-order valence-electron chi connectivity index (χ2n) is 21.0. The molecule has 2 aliphatic heterocycles. The Labute approximate surface area is 413 Å². The lowest BCUT2D eigenvalue weighted by molar-refractivity contribution is 0.124. The summed E-state index contributed by atoms with van der Waals surface area (Å²) in [5, 5.41) is 9.43. The molecule has 13 rings (SSSR count). The van der Waals surface area contributed by atoms with Crippen LogP contribution in [0.4, 0.5) is 0 Å².